The molecular weight excluding hydrogens is 548 g/mol. The first-order valence-electron chi connectivity index (χ1n) is 15.7. The van der Waals surface area contributed by atoms with Gasteiger partial charge in [0.15, 0.2) is 0 Å². The predicted octanol–water partition coefficient (Wildman–Crippen LogP) is 7.64. The van der Waals surface area contributed by atoms with E-state index in [-0.39, 0.29) is 18.0 Å². The van der Waals surface area contributed by atoms with Crippen molar-refractivity contribution in [1.29, 1.82) is 0 Å². The zero-order valence-electron chi connectivity index (χ0n) is 25.4. The van der Waals surface area contributed by atoms with Crippen molar-refractivity contribution in [3.63, 3.8) is 0 Å². The second-order valence-electron chi connectivity index (χ2n) is 10.8. The fourth-order valence-electron chi connectivity index (χ4n) is 4.85. The van der Waals surface area contributed by atoms with Crippen molar-refractivity contribution in [2.75, 3.05) is 19.8 Å². The normalized spacial score (nSPS) is 16.2. The van der Waals surface area contributed by atoms with E-state index in [1.165, 1.54) is 19.3 Å². The molecule has 0 radical (unpaired) electrons. The van der Waals surface area contributed by atoms with Crippen LogP contribution in [-0.4, -0.2) is 43.8 Å². The number of rotatable bonds is 19. The van der Waals surface area contributed by atoms with Crippen molar-refractivity contribution >= 4 is 17.9 Å². The van der Waals surface area contributed by atoms with Crippen LogP contribution in [0.3, 0.4) is 0 Å². The molecule has 0 aromatic heterocycles. The Hall–Kier alpha value is -3.65. The van der Waals surface area contributed by atoms with Crippen molar-refractivity contribution in [2.24, 2.45) is 5.92 Å². The van der Waals surface area contributed by atoms with E-state index in [0.717, 1.165) is 70.5 Å². The molecule has 1 aliphatic carbocycles. The highest BCUT2D eigenvalue weighted by Crippen LogP contribution is 2.29. The lowest BCUT2D eigenvalue weighted by Gasteiger charge is -2.27. The Bertz CT molecular complexity index is 1120. The van der Waals surface area contributed by atoms with E-state index >= 15 is 0 Å². The maximum absolute atomic E-state index is 12.7. The van der Waals surface area contributed by atoms with Gasteiger partial charge in [-0.15, -0.1) is 0 Å². The first kappa shape index (κ1) is 33.8. The van der Waals surface area contributed by atoms with Gasteiger partial charge in [-0.3, -0.25) is 4.79 Å². The lowest BCUT2D eigenvalue weighted by molar-refractivity contribution is -0.141. The number of hydrogen-bond acceptors (Lipinski definition) is 8. The molecule has 0 bridgehead atoms. The number of unbranched alkanes of at least 4 members (excludes halogenated alkanes) is 6. The van der Waals surface area contributed by atoms with Crippen LogP contribution in [0.4, 0.5) is 0 Å². The Kier molecular flexibility index (Phi) is 15.4. The highest BCUT2D eigenvalue weighted by Gasteiger charge is 2.28. The highest BCUT2D eigenvalue weighted by atomic mass is 16.5. The first-order chi connectivity index (χ1) is 21.0. The number of esters is 3. The third kappa shape index (κ3) is 13.0. The standard InChI is InChI=1S/C35H46O8/c1-3-5-6-9-24-39-29-16-12-27(13-17-29)34(37)42-31-20-22-32(23-21-31)43-35(38)28-14-18-30(19-15-28)40-25-10-7-8-11-26-41-33(36)4-2/h4,14-15,18-23,27,29H,2-3,5-13,16-17,24-26H2,1H3. The minimum Gasteiger partial charge on any atom is -0.494 e. The largest absolute Gasteiger partial charge is 0.494 e. The average Bonchev–Trinajstić information content (AvgIpc) is 3.03. The molecule has 0 aliphatic heterocycles. The van der Waals surface area contributed by atoms with Crippen LogP contribution >= 0.6 is 0 Å². The SMILES string of the molecule is C=CC(=O)OCCCCCCOc1ccc(C(=O)Oc2ccc(OC(=O)C3CCC(OCCCCCC)CC3)cc2)cc1. The van der Waals surface area contributed by atoms with Crippen LogP contribution in [-0.2, 0) is 19.1 Å². The maximum Gasteiger partial charge on any atom is 0.343 e. The second kappa shape index (κ2) is 19.5. The molecule has 1 fully saturated rings. The van der Waals surface area contributed by atoms with Crippen LogP contribution < -0.4 is 14.2 Å². The molecule has 8 nitrogen and oxygen atoms in total. The summed E-state index contributed by atoms with van der Waals surface area (Å²) in [6.07, 6.45) is 13.1. The molecule has 0 atom stereocenters. The van der Waals surface area contributed by atoms with Gasteiger partial charge < -0.3 is 23.7 Å². The molecule has 2 aromatic carbocycles. The molecule has 8 heteroatoms. The van der Waals surface area contributed by atoms with Gasteiger partial charge in [0, 0.05) is 12.7 Å². The number of ether oxygens (including phenoxy) is 5. The first-order valence-corrected chi connectivity index (χ1v) is 15.7. The Labute approximate surface area is 255 Å². The molecule has 1 aliphatic rings. The van der Waals surface area contributed by atoms with Crippen molar-refractivity contribution in [3.8, 4) is 17.2 Å². The van der Waals surface area contributed by atoms with E-state index in [1.54, 1.807) is 48.5 Å². The van der Waals surface area contributed by atoms with E-state index in [4.69, 9.17) is 23.7 Å². The minimum atomic E-state index is -0.488. The summed E-state index contributed by atoms with van der Waals surface area (Å²) in [5.74, 6) is 0.237. The summed E-state index contributed by atoms with van der Waals surface area (Å²) in [6, 6.07) is 13.3. The second-order valence-corrected chi connectivity index (χ2v) is 10.8. The molecule has 43 heavy (non-hydrogen) atoms. The lowest BCUT2D eigenvalue weighted by Crippen LogP contribution is -2.29. The zero-order valence-corrected chi connectivity index (χ0v) is 25.4. The van der Waals surface area contributed by atoms with Crippen molar-refractivity contribution in [1.82, 2.24) is 0 Å². The van der Waals surface area contributed by atoms with Crippen LogP contribution in [0.15, 0.2) is 61.2 Å². The molecule has 3 rings (SSSR count). The molecule has 1 saturated carbocycles. The van der Waals surface area contributed by atoms with Gasteiger partial charge in [-0.1, -0.05) is 32.8 Å². The highest BCUT2D eigenvalue weighted by molar-refractivity contribution is 5.91. The van der Waals surface area contributed by atoms with E-state index in [2.05, 4.69) is 13.5 Å². The third-order valence-corrected chi connectivity index (χ3v) is 7.42. The van der Waals surface area contributed by atoms with Gasteiger partial charge in [-0.2, -0.15) is 0 Å². The van der Waals surface area contributed by atoms with Crippen LogP contribution in [0.5, 0.6) is 17.2 Å². The number of benzene rings is 2. The molecular formula is C35H46O8. The van der Waals surface area contributed by atoms with Gasteiger partial charge >= 0.3 is 17.9 Å². The molecule has 0 saturated heterocycles. The Morgan fingerprint density at radius 2 is 1.30 bits per heavy atom. The summed E-state index contributed by atoms with van der Waals surface area (Å²) in [4.78, 5) is 36.2. The predicted molar refractivity (Wildman–Crippen MR) is 164 cm³/mol. The Morgan fingerprint density at radius 1 is 0.721 bits per heavy atom. The van der Waals surface area contributed by atoms with Gasteiger partial charge in [0.05, 0.1) is 30.8 Å². The van der Waals surface area contributed by atoms with Gasteiger partial charge in [0.1, 0.15) is 17.2 Å². The minimum absolute atomic E-state index is 0.120. The lowest BCUT2D eigenvalue weighted by atomic mass is 9.87. The zero-order chi connectivity index (χ0) is 30.7. The average molecular weight is 595 g/mol. The maximum atomic E-state index is 12.7. The van der Waals surface area contributed by atoms with Crippen LogP contribution in [0, 0.1) is 5.92 Å². The van der Waals surface area contributed by atoms with Crippen molar-refractivity contribution < 1.29 is 38.1 Å². The topological polar surface area (TPSA) is 97.4 Å². The van der Waals surface area contributed by atoms with Crippen LogP contribution in [0.2, 0.25) is 0 Å². The molecule has 0 amide bonds. The molecule has 234 valence electrons. The number of carbonyl (C=O) groups excluding carboxylic acids is 3. The van der Waals surface area contributed by atoms with Gasteiger partial charge in [-0.25, -0.2) is 9.59 Å². The van der Waals surface area contributed by atoms with Crippen molar-refractivity contribution in [2.45, 2.75) is 90.1 Å². The van der Waals surface area contributed by atoms with E-state index in [0.29, 0.717) is 36.0 Å². The van der Waals surface area contributed by atoms with Gasteiger partial charge in [0.2, 0.25) is 0 Å². The Balaban J connectivity index is 1.31. The van der Waals surface area contributed by atoms with Crippen LogP contribution in [0.25, 0.3) is 0 Å². The summed E-state index contributed by atoms with van der Waals surface area (Å²) >= 11 is 0. The van der Waals surface area contributed by atoms with Crippen LogP contribution in [0.1, 0.15) is 94.3 Å². The monoisotopic (exact) mass is 594 g/mol. The quantitative estimate of drug-likeness (QED) is 0.0709. The van der Waals surface area contributed by atoms with E-state index in [1.807, 2.05) is 0 Å². The fraction of sp³-hybridized carbons (Fsp3) is 0.514. The summed E-state index contributed by atoms with van der Waals surface area (Å²) < 4.78 is 27.7. The summed E-state index contributed by atoms with van der Waals surface area (Å²) in [5.41, 5.74) is 0.400. The van der Waals surface area contributed by atoms with Crippen molar-refractivity contribution in [3.05, 3.63) is 66.7 Å². The Morgan fingerprint density at radius 3 is 1.95 bits per heavy atom. The summed E-state index contributed by atoms with van der Waals surface area (Å²) in [5, 5.41) is 0. The number of hydrogen-bond donors (Lipinski definition) is 0. The van der Waals surface area contributed by atoms with E-state index in [9.17, 15) is 14.4 Å². The summed E-state index contributed by atoms with van der Waals surface area (Å²) in [6.45, 7) is 7.32. The van der Waals surface area contributed by atoms with Gasteiger partial charge in [0.25, 0.3) is 0 Å². The molecule has 0 unspecified atom stereocenters. The smallest absolute Gasteiger partial charge is 0.343 e. The molecule has 0 N–H and O–H groups in total. The number of carbonyl (C=O) groups is 3. The molecule has 0 spiro atoms. The molecule has 2 aromatic rings. The molecule has 0 heterocycles. The van der Waals surface area contributed by atoms with Gasteiger partial charge in [-0.05, 0) is 106 Å². The third-order valence-electron chi connectivity index (χ3n) is 7.42. The van der Waals surface area contributed by atoms with E-state index < -0.39 is 11.9 Å². The fourth-order valence-corrected chi connectivity index (χ4v) is 4.85. The summed E-state index contributed by atoms with van der Waals surface area (Å²) in [7, 11) is 0.